The minimum absolute atomic E-state index is 0.603. The molecule has 0 spiro atoms. The van der Waals surface area contributed by atoms with Crippen molar-refractivity contribution in [1.29, 1.82) is 0 Å². The highest BCUT2D eigenvalue weighted by atomic mass is 19.4. The molecule has 1 aromatic carbocycles. The van der Waals surface area contributed by atoms with Crippen LogP contribution in [0.4, 0.5) is 13.2 Å². The first-order valence-corrected chi connectivity index (χ1v) is 3.68. The number of halogens is 3. The van der Waals surface area contributed by atoms with Crippen LogP contribution in [0.3, 0.4) is 0 Å². The fourth-order valence-electron chi connectivity index (χ4n) is 0.768. The zero-order valence-electron chi connectivity index (χ0n) is 6.73. The molecule has 0 saturated heterocycles. The summed E-state index contributed by atoms with van der Waals surface area (Å²) in [6.45, 7) is 0. The third kappa shape index (κ3) is 4.22. The van der Waals surface area contributed by atoms with E-state index in [4.69, 9.17) is 0 Å². The molecule has 0 aromatic heterocycles. The minimum atomic E-state index is -4.19. The first-order chi connectivity index (χ1) is 6.08. The maximum Gasteiger partial charge on any atom is 0.399 e. The SMILES string of the molecule is FC(F)(F)CC#Cc1ccccc1. The van der Waals surface area contributed by atoms with Crippen LogP contribution in [0.1, 0.15) is 12.0 Å². The van der Waals surface area contributed by atoms with Gasteiger partial charge in [0.15, 0.2) is 0 Å². The van der Waals surface area contributed by atoms with Gasteiger partial charge in [-0.15, -0.1) is 0 Å². The Bertz CT molecular complexity index is 314. The molecule has 3 heteroatoms. The van der Waals surface area contributed by atoms with Crippen molar-refractivity contribution in [3.63, 3.8) is 0 Å². The lowest BCUT2D eigenvalue weighted by atomic mass is 10.2. The Morgan fingerprint density at radius 1 is 1.08 bits per heavy atom. The zero-order valence-corrected chi connectivity index (χ0v) is 6.73. The van der Waals surface area contributed by atoms with Gasteiger partial charge in [0.25, 0.3) is 0 Å². The maximum atomic E-state index is 11.7. The molecule has 0 N–H and O–H groups in total. The minimum Gasteiger partial charge on any atom is -0.170 e. The van der Waals surface area contributed by atoms with Crippen molar-refractivity contribution in [2.45, 2.75) is 12.6 Å². The van der Waals surface area contributed by atoms with Gasteiger partial charge < -0.3 is 0 Å². The van der Waals surface area contributed by atoms with Gasteiger partial charge in [0.1, 0.15) is 6.42 Å². The summed E-state index contributed by atoms with van der Waals surface area (Å²) in [5, 5.41) is 0. The van der Waals surface area contributed by atoms with Gasteiger partial charge in [-0.2, -0.15) is 13.2 Å². The highest BCUT2D eigenvalue weighted by Crippen LogP contribution is 2.18. The Morgan fingerprint density at radius 3 is 2.23 bits per heavy atom. The van der Waals surface area contributed by atoms with Gasteiger partial charge in [0, 0.05) is 5.56 Å². The number of alkyl halides is 3. The molecule has 0 radical (unpaired) electrons. The summed E-state index contributed by atoms with van der Waals surface area (Å²) in [5.41, 5.74) is 0.603. The fourth-order valence-corrected chi connectivity index (χ4v) is 0.768. The Labute approximate surface area is 74.4 Å². The lowest BCUT2D eigenvalue weighted by Crippen LogP contribution is -2.04. The summed E-state index contributed by atoms with van der Waals surface area (Å²) in [4.78, 5) is 0. The predicted molar refractivity (Wildman–Crippen MR) is 44.0 cm³/mol. The smallest absolute Gasteiger partial charge is 0.170 e. The summed E-state index contributed by atoms with van der Waals surface area (Å²) >= 11 is 0. The van der Waals surface area contributed by atoms with E-state index in [2.05, 4.69) is 11.8 Å². The highest BCUT2D eigenvalue weighted by Gasteiger charge is 2.25. The molecule has 1 aromatic rings. The van der Waals surface area contributed by atoms with Crippen LogP contribution in [-0.2, 0) is 0 Å². The van der Waals surface area contributed by atoms with E-state index >= 15 is 0 Å². The molecule has 13 heavy (non-hydrogen) atoms. The van der Waals surface area contributed by atoms with E-state index in [0.29, 0.717) is 5.56 Å². The average molecular weight is 184 g/mol. The standard InChI is InChI=1S/C10H7F3/c11-10(12,13)8-4-7-9-5-2-1-3-6-9/h1-3,5-6H,8H2. The van der Waals surface area contributed by atoms with Gasteiger partial charge in [-0.25, -0.2) is 0 Å². The van der Waals surface area contributed by atoms with Crippen LogP contribution < -0.4 is 0 Å². The molecule has 0 fully saturated rings. The molecule has 0 heterocycles. The molecule has 0 aliphatic rings. The molecule has 0 aliphatic carbocycles. The largest absolute Gasteiger partial charge is 0.399 e. The summed E-state index contributed by atoms with van der Waals surface area (Å²) in [5.74, 6) is 4.50. The molecule has 0 unspecified atom stereocenters. The van der Waals surface area contributed by atoms with Crippen molar-refractivity contribution >= 4 is 0 Å². The summed E-state index contributed by atoms with van der Waals surface area (Å²) in [6.07, 6.45) is -5.25. The molecular formula is C10H7F3. The van der Waals surface area contributed by atoms with Gasteiger partial charge in [-0.1, -0.05) is 30.0 Å². The molecule has 68 valence electrons. The second kappa shape index (κ2) is 3.99. The fraction of sp³-hybridized carbons (Fsp3) is 0.200. The van der Waals surface area contributed by atoms with Crippen molar-refractivity contribution in [2.75, 3.05) is 0 Å². The molecule has 0 atom stereocenters. The third-order valence-corrected chi connectivity index (χ3v) is 1.30. The van der Waals surface area contributed by atoms with Crippen LogP contribution in [0.15, 0.2) is 30.3 Å². The maximum absolute atomic E-state index is 11.7. The molecule has 1 rings (SSSR count). The number of hydrogen-bond donors (Lipinski definition) is 0. The lowest BCUT2D eigenvalue weighted by molar-refractivity contribution is -0.123. The number of rotatable bonds is 0. The Morgan fingerprint density at radius 2 is 1.69 bits per heavy atom. The van der Waals surface area contributed by atoms with E-state index in [1.54, 1.807) is 30.3 Å². The van der Waals surface area contributed by atoms with E-state index < -0.39 is 12.6 Å². The van der Waals surface area contributed by atoms with E-state index in [-0.39, 0.29) is 0 Å². The van der Waals surface area contributed by atoms with Crippen LogP contribution in [0.5, 0.6) is 0 Å². The quantitative estimate of drug-likeness (QED) is 0.544. The van der Waals surface area contributed by atoms with Crippen LogP contribution in [-0.4, -0.2) is 6.18 Å². The molecular weight excluding hydrogens is 177 g/mol. The topological polar surface area (TPSA) is 0 Å². The molecule has 0 saturated carbocycles. The van der Waals surface area contributed by atoms with Crippen LogP contribution in [0.25, 0.3) is 0 Å². The second-order valence-corrected chi connectivity index (χ2v) is 2.46. The van der Waals surface area contributed by atoms with Crippen LogP contribution in [0.2, 0.25) is 0 Å². The number of benzene rings is 1. The molecule has 0 bridgehead atoms. The summed E-state index contributed by atoms with van der Waals surface area (Å²) in [6, 6.07) is 8.59. The van der Waals surface area contributed by atoms with Crippen molar-refractivity contribution in [3.05, 3.63) is 35.9 Å². The predicted octanol–water partition coefficient (Wildman–Crippen LogP) is 2.99. The van der Waals surface area contributed by atoms with E-state index in [1.165, 1.54) is 0 Å². The Kier molecular flexibility index (Phi) is 2.97. The van der Waals surface area contributed by atoms with Crippen molar-refractivity contribution in [3.8, 4) is 11.8 Å². The van der Waals surface area contributed by atoms with E-state index in [0.717, 1.165) is 0 Å². The first kappa shape index (κ1) is 9.66. The Balaban J connectivity index is 2.59. The lowest BCUT2D eigenvalue weighted by Gasteiger charge is -1.97. The van der Waals surface area contributed by atoms with E-state index in [9.17, 15) is 13.2 Å². The molecule has 0 aliphatic heterocycles. The number of hydrogen-bond acceptors (Lipinski definition) is 0. The zero-order chi connectivity index (χ0) is 9.73. The van der Waals surface area contributed by atoms with Crippen molar-refractivity contribution in [2.24, 2.45) is 0 Å². The van der Waals surface area contributed by atoms with Crippen molar-refractivity contribution in [1.82, 2.24) is 0 Å². The third-order valence-electron chi connectivity index (χ3n) is 1.30. The second-order valence-electron chi connectivity index (χ2n) is 2.46. The Hall–Kier alpha value is -1.43. The van der Waals surface area contributed by atoms with Crippen LogP contribution >= 0.6 is 0 Å². The average Bonchev–Trinajstić information content (AvgIpc) is 2.04. The summed E-state index contributed by atoms with van der Waals surface area (Å²) < 4.78 is 35.0. The van der Waals surface area contributed by atoms with Gasteiger partial charge in [0.2, 0.25) is 0 Å². The highest BCUT2D eigenvalue weighted by molar-refractivity contribution is 5.33. The summed E-state index contributed by atoms with van der Waals surface area (Å²) in [7, 11) is 0. The van der Waals surface area contributed by atoms with Gasteiger partial charge in [-0.3, -0.25) is 0 Å². The monoisotopic (exact) mass is 184 g/mol. The first-order valence-electron chi connectivity index (χ1n) is 3.68. The van der Waals surface area contributed by atoms with Crippen molar-refractivity contribution < 1.29 is 13.2 Å². The normalized spacial score (nSPS) is 10.4. The van der Waals surface area contributed by atoms with Gasteiger partial charge in [0.05, 0.1) is 0 Å². The van der Waals surface area contributed by atoms with E-state index in [1.807, 2.05) is 0 Å². The molecule has 0 amide bonds. The molecule has 0 nitrogen and oxygen atoms in total. The van der Waals surface area contributed by atoms with Gasteiger partial charge >= 0.3 is 6.18 Å². The van der Waals surface area contributed by atoms with Gasteiger partial charge in [-0.05, 0) is 12.1 Å². The van der Waals surface area contributed by atoms with Crippen LogP contribution in [0, 0.1) is 11.8 Å².